The third-order valence-corrected chi connectivity index (χ3v) is 11.2. The van der Waals surface area contributed by atoms with Crippen molar-refractivity contribution in [1.82, 2.24) is 5.32 Å². The topological polar surface area (TPSA) is 101 Å². The maximum absolute atomic E-state index is 13.6. The molecule has 1 aromatic rings. The number of aliphatic carboxylic acids is 1. The largest absolute Gasteiger partial charge is 0.479 e. The lowest BCUT2D eigenvalue weighted by Gasteiger charge is -2.59. The Morgan fingerprint density at radius 1 is 1.00 bits per heavy atom. The molecule has 0 aliphatic heterocycles. The SMILES string of the molecule is C[C@H](CC(=O)NC(C(=O)O)c1ccccc1)C1CC[C@H]2[C@@H]3C(=O)C[C@@H]4CC(=O)CC[C@]4(C)[C@H]3CC[C@]12C. The zero-order valence-corrected chi connectivity index (χ0v) is 22.4. The van der Waals surface area contributed by atoms with E-state index in [0.717, 1.165) is 32.1 Å². The van der Waals surface area contributed by atoms with Crippen LogP contribution in [0.3, 0.4) is 0 Å². The highest BCUT2D eigenvalue weighted by Crippen LogP contribution is 2.67. The van der Waals surface area contributed by atoms with Crippen LogP contribution in [-0.2, 0) is 19.2 Å². The Morgan fingerprint density at radius 2 is 1.70 bits per heavy atom. The van der Waals surface area contributed by atoms with Crippen molar-refractivity contribution in [2.75, 3.05) is 0 Å². The Morgan fingerprint density at radius 3 is 2.41 bits per heavy atom. The monoisotopic (exact) mass is 507 g/mol. The van der Waals surface area contributed by atoms with Crippen LogP contribution in [0.4, 0.5) is 0 Å². The van der Waals surface area contributed by atoms with E-state index in [1.807, 2.05) is 6.07 Å². The number of carbonyl (C=O) groups excluding carboxylic acids is 3. The number of hydrogen-bond donors (Lipinski definition) is 2. The molecule has 5 rings (SSSR count). The number of hydrogen-bond acceptors (Lipinski definition) is 4. The van der Waals surface area contributed by atoms with Gasteiger partial charge in [-0.1, -0.05) is 51.1 Å². The maximum Gasteiger partial charge on any atom is 0.330 e. The smallest absolute Gasteiger partial charge is 0.330 e. The summed E-state index contributed by atoms with van der Waals surface area (Å²) in [6, 6.07) is 7.76. The predicted octanol–water partition coefficient (Wildman–Crippen LogP) is 5.36. The van der Waals surface area contributed by atoms with Gasteiger partial charge in [0.1, 0.15) is 11.6 Å². The molecule has 2 unspecified atom stereocenters. The van der Waals surface area contributed by atoms with Crippen LogP contribution in [0.25, 0.3) is 0 Å². The zero-order chi connectivity index (χ0) is 26.5. The van der Waals surface area contributed by atoms with E-state index < -0.39 is 12.0 Å². The van der Waals surface area contributed by atoms with Gasteiger partial charge in [0.05, 0.1) is 0 Å². The minimum Gasteiger partial charge on any atom is -0.479 e. The van der Waals surface area contributed by atoms with Crippen LogP contribution in [0.5, 0.6) is 0 Å². The van der Waals surface area contributed by atoms with Gasteiger partial charge in [-0.05, 0) is 78.1 Å². The third-order valence-electron chi connectivity index (χ3n) is 11.2. The third kappa shape index (κ3) is 4.44. The van der Waals surface area contributed by atoms with Crippen molar-refractivity contribution in [2.45, 2.75) is 84.6 Å². The average molecular weight is 508 g/mol. The first kappa shape index (κ1) is 26.1. The number of amides is 1. The summed E-state index contributed by atoms with van der Waals surface area (Å²) < 4.78 is 0. The summed E-state index contributed by atoms with van der Waals surface area (Å²) in [6.07, 6.45) is 7.08. The fourth-order valence-electron chi connectivity index (χ4n) is 9.29. The van der Waals surface area contributed by atoms with Gasteiger partial charge in [0.2, 0.25) is 5.91 Å². The summed E-state index contributed by atoms with van der Waals surface area (Å²) in [6.45, 7) is 6.81. The molecule has 4 saturated carbocycles. The molecule has 0 bridgehead atoms. The molecule has 0 spiro atoms. The van der Waals surface area contributed by atoms with E-state index in [4.69, 9.17) is 0 Å². The second-order valence-electron chi connectivity index (χ2n) is 13.0. The lowest BCUT2D eigenvalue weighted by Crippen LogP contribution is -2.57. The Kier molecular flexibility index (Phi) is 6.82. The number of nitrogens with one attached hydrogen (secondary N) is 1. The molecule has 0 aromatic heterocycles. The molecule has 0 saturated heterocycles. The fraction of sp³-hybridized carbons (Fsp3) is 0.677. The van der Waals surface area contributed by atoms with E-state index in [9.17, 15) is 24.3 Å². The first-order valence-corrected chi connectivity index (χ1v) is 14.2. The van der Waals surface area contributed by atoms with Crippen LogP contribution in [0.15, 0.2) is 30.3 Å². The van der Waals surface area contributed by atoms with Crippen molar-refractivity contribution in [2.24, 2.45) is 46.3 Å². The fourth-order valence-corrected chi connectivity index (χ4v) is 9.29. The van der Waals surface area contributed by atoms with Gasteiger partial charge in [-0.3, -0.25) is 14.4 Å². The Balaban J connectivity index is 1.29. The van der Waals surface area contributed by atoms with Crippen molar-refractivity contribution in [3.8, 4) is 0 Å². The number of rotatable bonds is 6. The van der Waals surface area contributed by atoms with Gasteiger partial charge in [0, 0.05) is 31.6 Å². The number of carboxylic acids is 1. The van der Waals surface area contributed by atoms with Crippen molar-refractivity contribution >= 4 is 23.4 Å². The predicted molar refractivity (Wildman–Crippen MR) is 139 cm³/mol. The van der Waals surface area contributed by atoms with E-state index in [0.29, 0.717) is 54.1 Å². The van der Waals surface area contributed by atoms with Crippen LogP contribution in [0.1, 0.15) is 90.2 Å². The molecule has 1 aromatic carbocycles. The lowest BCUT2D eigenvalue weighted by atomic mass is 9.44. The highest BCUT2D eigenvalue weighted by Gasteiger charge is 2.63. The van der Waals surface area contributed by atoms with E-state index in [1.165, 1.54) is 0 Å². The number of ketones is 2. The highest BCUT2D eigenvalue weighted by atomic mass is 16.4. The number of benzene rings is 1. The molecular weight excluding hydrogens is 466 g/mol. The van der Waals surface area contributed by atoms with E-state index in [1.54, 1.807) is 24.3 Å². The highest BCUT2D eigenvalue weighted by molar-refractivity contribution is 5.86. The Hall–Kier alpha value is -2.50. The van der Waals surface area contributed by atoms with Crippen LogP contribution in [0, 0.1) is 46.3 Å². The van der Waals surface area contributed by atoms with Gasteiger partial charge < -0.3 is 10.4 Å². The normalized spacial score (nSPS) is 38.6. The van der Waals surface area contributed by atoms with Crippen LogP contribution in [-0.4, -0.2) is 28.5 Å². The number of carbonyl (C=O) groups is 4. The molecule has 4 fully saturated rings. The minimum absolute atomic E-state index is 0.00976. The summed E-state index contributed by atoms with van der Waals surface area (Å²) in [5.41, 5.74) is 0.658. The molecule has 6 heteroatoms. The molecule has 37 heavy (non-hydrogen) atoms. The summed E-state index contributed by atoms with van der Waals surface area (Å²) in [4.78, 5) is 50.6. The second-order valence-corrected chi connectivity index (χ2v) is 13.0. The molecule has 2 N–H and O–H groups in total. The zero-order valence-electron chi connectivity index (χ0n) is 22.4. The van der Waals surface area contributed by atoms with Crippen molar-refractivity contribution in [3.05, 3.63) is 35.9 Å². The van der Waals surface area contributed by atoms with Gasteiger partial charge in [-0.15, -0.1) is 0 Å². The molecule has 1 amide bonds. The van der Waals surface area contributed by atoms with Gasteiger partial charge in [-0.2, -0.15) is 0 Å². The minimum atomic E-state index is -1.06. The van der Waals surface area contributed by atoms with E-state index >= 15 is 0 Å². The molecule has 0 radical (unpaired) electrons. The average Bonchev–Trinajstić information content (AvgIpc) is 3.21. The van der Waals surface area contributed by atoms with E-state index in [2.05, 4.69) is 26.1 Å². The molecule has 6 nitrogen and oxygen atoms in total. The van der Waals surface area contributed by atoms with Gasteiger partial charge in [0.25, 0.3) is 0 Å². The van der Waals surface area contributed by atoms with Gasteiger partial charge in [0.15, 0.2) is 6.04 Å². The van der Waals surface area contributed by atoms with Crippen molar-refractivity contribution in [3.63, 3.8) is 0 Å². The maximum atomic E-state index is 13.6. The van der Waals surface area contributed by atoms with Crippen molar-refractivity contribution < 1.29 is 24.3 Å². The lowest BCUT2D eigenvalue weighted by molar-refractivity contribution is -0.159. The van der Waals surface area contributed by atoms with Crippen molar-refractivity contribution in [1.29, 1.82) is 0 Å². The second kappa shape index (κ2) is 9.67. The Labute approximate surface area is 220 Å². The van der Waals surface area contributed by atoms with E-state index in [-0.39, 0.29) is 40.9 Å². The molecule has 4 aliphatic rings. The molecule has 4 aliphatic carbocycles. The number of fused-ring (bicyclic) bond motifs is 5. The summed E-state index contributed by atoms with van der Waals surface area (Å²) in [7, 11) is 0. The molecule has 0 heterocycles. The number of carboxylic acid groups (broad SMARTS) is 1. The first-order chi connectivity index (χ1) is 17.5. The summed E-state index contributed by atoms with van der Waals surface area (Å²) >= 11 is 0. The molecule has 200 valence electrons. The quantitative estimate of drug-likeness (QED) is 0.540. The summed E-state index contributed by atoms with van der Waals surface area (Å²) in [5.74, 6) is 0.806. The Bertz CT molecular complexity index is 1080. The molecule has 9 atom stereocenters. The number of Topliss-reactive ketones (excluding diaryl/α,β-unsaturated/α-hetero) is 2. The molecular formula is C31H41NO5. The van der Waals surface area contributed by atoms with Gasteiger partial charge in [-0.25, -0.2) is 4.79 Å². The standard InChI is InChI=1S/C31H41NO5/c1-18(15-26(35)32-28(29(36)37)19-7-5-4-6-8-19)22-9-10-23-27-24(12-14-31(22,23)3)30(2)13-11-21(33)16-20(30)17-25(27)34/h4-8,18,20,22-24,27-28H,9-17H2,1-3H3,(H,32,35)(H,36,37)/t18-,20+,22?,23+,24+,27+,28?,30+,31-/m1/s1. The summed E-state index contributed by atoms with van der Waals surface area (Å²) in [5, 5.41) is 12.4. The van der Waals surface area contributed by atoms with Gasteiger partial charge >= 0.3 is 5.97 Å². The van der Waals surface area contributed by atoms with Crippen LogP contribution >= 0.6 is 0 Å². The van der Waals surface area contributed by atoms with Crippen LogP contribution < -0.4 is 5.32 Å². The van der Waals surface area contributed by atoms with Crippen LogP contribution in [0.2, 0.25) is 0 Å². The first-order valence-electron chi connectivity index (χ1n) is 14.2.